The summed E-state index contributed by atoms with van der Waals surface area (Å²) < 4.78 is 11.6. The van der Waals surface area contributed by atoms with Crippen LogP contribution in [0.3, 0.4) is 0 Å². The van der Waals surface area contributed by atoms with Crippen molar-refractivity contribution in [2.75, 3.05) is 33.8 Å². The molecule has 1 saturated carbocycles. The van der Waals surface area contributed by atoms with Gasteiger partial charge in [0.05, 0.1) is 6.61 Å². The van der Waals surface area contributed by atoms with E-state index in [0.29, 0.717) is 24.1 Å². The highest BCUT2D eigenvalue weighted by atomic mass is 16.5. The summed E-state index contributed by atoms with van der Waals surface area (Å²) in [4.78, 5) is 16.3. The van der Waals surface area contributed by atoms with Crippen LogP contribution >= 0.6 is 0 Å². The molecule has 3 rings (SSSR count). The number of nitrogens with one attached hydrogen (secondary N) is 1. The highest BCUT2D eigenvalue weighted by Crippen LogP contribution is 2.31. The third kappa shape index (κ3) is 5.61. The number of hydrogen-bond acceptors (Lipinski definition) is 5. The van der Waals surface area contributed by atoms with Gasteiger partial charge in [0.15, 0.2) is 17.6 Å². The molecule has 1 aromatic carbocycles. The van der Waals surface area contributed by atoms with Crippen molar-refractivity contribution < 1.29 is 14.3 Å². The smallest absolute Gasteiger partial charge is 0.262 e. The van der Waals surface area contributed by atoms with E-state index in [-0.39, 0.29) is 5.91 Å². The lowest BCUT2D eigenvalue weighted by Crippen LogP contribution is -2.43. The molecule has 1 aliphatic carbocycles. The number of nitrogens with zero attached hydrogens (tertiary/aromatic N) is 2. The largest absolute Gasteiger partial charge is 0.490 e. The molecule has 156 valence electrons. The average Bonchev–Trinajstić information content (AvgIpc) is 3.53. The van der Waals surface area contributed by atoms with Gasteiger partial charge in [-0.3, -0.25) is 4.79 Å². The number of benzene rings is 1. The van der Waals surface area contributed by atoms with Gasteiger partial charge in [-0.15, -0.1) is 0 Å². The minimum absolute atomic E-state index is 0.0641. The monoisotopic (exact) mass is 389 g/mol. The van der Waals surface area contributed by atoms with Gasteiger partial charge in [-0.1, -0.05) is 6.07 Å². The molecule has 1 heterocycles. The molecule has 6 heteroatoms. The Labute approximate surface area is 169 Å². The SMILES string of the molecule is CCOc1cc(CNC2CCN(C3CC3)CC2)ccc1OC(C)C(=O)N(C)C. The minimum atomic E-state index is -0.546. The van der Waals surface area contributed by atoms with Crippen molar-refractivity contribution in [3.05, 3.63) is 23.8 Å². The van der Waals surface area contributed by atoms with Gasteiger partial charge >= 0.3 is 0 Å². The molecule has 2 aliphatic rings. The summed E-state index contributed by atoms with van der Waals surface area (Å²) in [6, 6.07) is 7.45. The van der Waals surface area contributed by atoms with Crippen molar-refractivity contribution in [3.8, 4) is 11.5 Å². The van der Waals surface area contributed by atoms with Crippen molar-refractivity contribution >= 4 is 5.91 Å². The molecule has 1 saturated heterocycles. The van der Waals surface area contributed by atoms with E-state index in [0.717, 1.165) is 12.6 Å². The summed E-state index contributed by atoms with van der Waals surface area (Å²) in [6.07, 6.45) is 4.69. The zero-order valence-corrected chi connectivity index (χ0v) is 17.7. The Hall–Kier alpha value is -1.79. The fourth-order valence-electron chi connectivity index (χ4n) is 3.80. The Kier molecular flexibility index (Phi) is 7.18. The standard InChI is InChI=1S/C22H35N3O3/c1-5-27-21-14-17(6-9-20(21)28-16(2)22(26)24(3)4)15-23-18-10-12-25(13-11-18)19-7-8-19/h6,9,14,16,18-19,23H,5,7-8,10-13,15H2,1-4H3. The number of piperidine rings is 1. The molecule has 28 heavy (non-hydrogen) atoms. The number of ether oxygens (including phenoxy) is 2. The summed E-state index contributed by atoms with van der Waals surface area (Å²) in [5.41, 5.74) is 1.17. The van der Waals surface area contributed by atoms with E-state index in [4.69, 9.17) is 9.47 Å². The van der Waals surface area contributed by atoms with E-state index >= 15 is 0 Å². The third-order valence-electron chi connectivity index (χ3n) is 5.59. The van der Waals surface area contributed by atoms with Gasteiger partial charge in [0, 0.05) is 32.7 Å². The van der Waals surface area contributed by atoms with Crippen LogP contribution in [0.15, 0.2) is 18.2 Å². The Morgan fingerprint density at radius 1 is 1.21 bits per heavy atom. The first-order chi connectivity index (χ1) is 13.5. The maximum absolute atomic E-state index is 12.1. The Balaban J connectivity index is 1.55. The third-order valence-corrected chi connectivity index (χ3v) is 5.59. The lowest BCUT2D eigenvalue weighted by molar-refractivity contribution is -0.135. The van der Waals surface area contributed by atoms with E-state index in [9.17, 15) is 4.79 Å². The van der Waals surface area contributed by atoms with Crippen LogP contribution in [0.1, 0.15) is 45.1 Å². The molecule has 1 aliphatic heterocycles. The molecule has 0 radical (unpaired) electrons. The second-order valence-electron chi connectivity index (χ2n) is 8.13. The summed E-state index contributed by atoms with van der Waals surface area (Å²) in [7, 11) is 3.46. The number of carbonyl (C=O) groups is 1. The number of likely N-dealkylation sites (tertiary alicyclic amines) is 1. The van der Waals surface area contributed by atoms with E-state index in [1.807, 2.05) is 19.1 Å². The van der Waals surface area contributed by atoms with E-state index in [1.54, 1.807) is 21.0 Å². The van der Waals surface area contributed by atoms with Gasteiger partial charge in [-0.2, -0.15) is 0 Å². The van der Waals surface area contributed by atoms with Crippen LogP contribution in [0.2, 0.25) is 0 Å². The maximum Gasteiger partial charge on any atom is 0.262 e. The summed E-state index contributed by atoms with van der Waals surface area (Å²) in [6.45, 7) is 7.54. The molecular weight excluding hydrogens is 354 g/mol. The Morgan fingerprint density at radius 2 is 1.93 bits per heavy atom. The van der Waals surface area contributed by atoms with Gasteiger partial charge in [-0.25, -0.2) is 0 Å². The van der Waals surface area contributed by atoms with Crippen LogP contribution < -0.4 is 14.8 Å². The van der Waals surface area contributed by atoms with Gasteiger partial charge in [-0.05, 0) is 70.3 Å². The molecule has 1 aromatic rings. The second kappa shape index (κ2) is 9.61. The molecule has 6 nitrogen and oxygen atoms in total. The van der Waals surface area contributed by atoms with Crippen LogP contribution in [0.5, 0.6) is 11.5 Å². The number of amides is 1. The molecule has 1 amide bonds. The lowest BCUT2D eigenvalue weighted by Gasteiger charge is -2.32. The normalized spacial score (nSPS) is 19.3. The topological polar surface area (TPSA) is 54.0 Å². The second-order valence-corrected chi connectivity index (χ2v) is 8.13. The predicted molar refractivity (Wildman–Crippen MR) is 111 cm³/mol. The fraction of sp³-hybridized carbons (Fsp3) is 0.682. The zero-order valence-electron chi connectivity index (χ0n) is 17.7. The van der Waals surface area contributed by atoms with Gasteiger partial charge in [0.2, 0.25) is 0 Å². The summed E-state index contributed by atoms with van der Waals surface area (Å²) >= 11 is 0. The van der Waals surface area contributed by atoms with Crippen molar-refractivity contribution in [2.45, 2.75) is 64.3 Å². The maximum atomic E-state index is 12.1. The van der Waals surface area contributed by atoms with Gasteiger partial charge in [0.25, 0.3) is 5.91 Å². The molecule has 1 atom stereocenters. The van der Waals surface area contributed by atoms with Crippen LogP contribution in [-0.2, 0) is 11.3 Å². The Morgan fingerprint density at radius 3 is 2.54 bits per heavy atom. The molecule has 0 spiro atoms. The van der Waals surface area contributed by atoms with E-state index in [1.165, 1.54) is 49.2 Å². The zero-order chi connectivity index (χ0) is 20.1. The van der Waals surface area contributed by atoms with Crippen molar-refractivity contribution in [1.82, 2.24) is 15.1 Å². The first kappa shape index (κ1) is 20.9. The van der Waals surface area contributed by atoms with Crippen molar-refractivity contribution in [2.24, 2.45) is 0 Å². The van der Waals surface area contributed by atoms with E-state index in [2.05, 4.69) is 16.3 Å². The van der Waals surface area contributed by atoms with Crippen LogP contribution in [0, 0.1) is 0 Å². The number of hydrogen-bond donors (Lipinski definition) is 1. The highest BCUT2D eigenvalue weighted by Gasteiger charge is 2.31. The molecule has 0 bridgehead atoms. The molecule has 2 fully saturated rings. The number of carbonyl (C=O) groups excluding carboxylic acids is 1. The van der Waals surface area contributed by atoms with Crippen LogP contribution in [0.25, 0.3) is 0 Å². The highest BCUT2D eigenvalue weighted by molar-refractivity contribution is 5.80. The van der Waals surface area contributed by atoms with Crippen LogP contribution in [0.4, 0.5) is 0 Å². The molecule has 1 N–H and O–H groups in total. The Bertz CT molecular complexity index is 652. The van der Waals surface area contributed by atoms with Crippen LogP contribution in [-0.4, -0.2) is 67.7 Å². The number of likely N-dealkylation sites (N-methyl/N-ethyl adjacent to an activating group) is 1. The molecule has 0 aromatic heterocycles. The minimum Gasteiger partial charge on any atom is -0.490 e. The average molecular weight is 390 g/mol. The lowest BCUT2D eigenvalue weighted by atomic mass is 10.0. The fourth-order valence-corrected chi connectivity index (χ4v) is 3.80. The molecule has 1 unspecified atom stereocenters. The van der Waals surface area contributed by atoms with E-state index < -0.39 is 6.10 Å². The number of rotatable bonds is 9. The van der Waals surface area contributed by atoms with Gasteiger partial charge < -0.3 is 24.6 Å². The van der Waals surface area contributed by atoms with Crippen molar-refractivity contribution in [1.29, 1.82) is 0 Å². The van der Waals surface area contributed by atoms with Crippen molar-refractivity contribution in [3.63, 3.8) is 0 Å². The summed E-state index contributed by atoms with van der Waals surface area (Å²) in [5.74, 6) is 1.25. The predicted octanol–water partition coefficient (Wildman–Crippen LogP) is 2.66. The quantitative estimate of drug-likeness (QED) is 0.704. The molecular formula is C22H35N3O3. The summed E-state index contributed by atoms with van der Waals surface area (Å²) in [5, 5.41) is 3.70. The first-order valence-corrected chi connectivity index (χ1v) is 10.6. The van der Waals surface area contributed by atoms with Gasteiger partial charge in [0.1, 0.15) is 0 Å². The first-order valence-electron chi connectivity index (χ1n) is 10.6.